The lowest BCUT2D eigenvalue weighted by molar-refractivity contribution is -0.132. The Morgan fingerprint density at radius 1 is 1.17 bits per heavy atom. The second-order valence-electron chi connectivity index (χ2n) is 5.60. The maximum absolute atomic E-state index is 12.4. The van der Waals surface area contributed by atoms with E-state index in [0.717, 1.165) is 50.1 Å². The summed E-state index contributed by atoms with van der Waals surface area (Å²) in [4.78, 5) is 30.1. The van der Waals surface area contributed by atoms with Crippen LogP contribution in [0.1, 0.15) is 74.3 Å². The maximum Gasteiger partial charge on any atom is 0.357 e. The normalized spacial score (nSPS) is 10.6. The van der Waals surface area contributed by atoms with Crippen LogP contribution in [0.15, 0.2) is 5.38 Å². The summed E-state index contributed by atoms with van der Waals surface area (Å²) in [5, 5.41) is 2.47. The Hall–Kier alpha value is -1.43. The van der Waals surface area contributed by atoms with Gasteiger partial charge in [-0.3, -0.25) is 4.79 Å². The molecule has 0 saturated heterocycles. The van der Waals surface area contributed by atoms with Crippen molar-refractivity contribution >= 4 is 23.2 Å². The van der Waals surface area contributed by atoms with Crippen LogP contribution in [-0.4, -0.2) is 35.4 Å². The minimum Gasteiger partial charge on any atom is -0.464 e. The molecule has 0 aliphatic rings. The van der Waals surface area contributed by atoms with Gasteiger partial charge in [0.2, 0.25) is 5.91 Å². The van der Waals surface area contributed by atoms with E-state index in [1.165, 1.54) is 18.4 Å². The van der Waals surface area contributed by atoms with Gasteiger partial charge in [0.15, 0.2) is 5.69 Å². The van der Waals surface area contributed by atoms with Crippen LogP contribution in [0.25, 0.3) is 0 Å². The molecule has 1 amide bonds. The van der Waals surface area contributed by atoms with Crippen LogP contribution in [-0.2, 0) is 16.1 Å². The van der Waals surface area contributed by atoms with Gasteiger partial charge in [-0.15, -0.1) is 11.3 Å². The fraction of sp³-hybridized carbons (Fsp3) is 0.706. The first kappa shape index (κ1) is 19.6. The Balaban J connectivity index is 2.65. The average molecular weight is 340 g/mol. The predicted molar refractivity (Wildman–Crippen MR) is 92.5 cm³/mol. The number of thiazole rings is 1. The summed E-state index contributed by atoms with van der Waals surface area (Å²) in [6, 6.07) is 0. The number of rotatable bonds is 11. The van der Waals surface area contributed by atoms with Crippen LogP contribution < -0.4 is 0 Å². The number of amides is 1. The molecule has 0 N–H and O–H groups in total. The first-order valence-corrected chi connectivity index (χ1v) is 9.30. The second kappa shape index (κ2) is 11.2. The standard InChI is InChI=1S/C17H28N2O3S/c1-4-6-8-10-16(20)19(11-9-7-5-2)12-15-18-14(13-23-15)17(21)22-3/h13H,4-12H2,1-3H3. The van der Waals surface area contributed by atoms with Crippen LogP contribution in [0.2, 0.25) is 0 Å². The summed E-state index contributed by atoms with van der Waals surface area (Å²) in [6.07, 6.45) is 6.97. The van der Waals surface area contributed by atoms with E-state index in [1.807, 2.05) is 4.90 Å². The average Bonchev–Trinajstić information content (AvgIpc) is 3.02. The van der Waals surface area contributed by atoms with Crippen molar-refractivity contribution in [3.63, 3.8) is 0 Å². The summed E-state index contributed by atoms with van der Waals surface area (Å²) in [5.41, 5.74) is 0.319. The Labute approximate surface area is 143 Å². The molecule has 1 aromatic heterocycles. The zero-order valence-electron chi connectivity index (χ0n) is 14.5. The van der Waals surface area contributed by atoms with Crippen molar-refractivity contribution in [2.24, 2.45) is 0 Å². The van der Waals surface area contributed by atoms with E-state index in [1.54, 1.807) is 5.38 Å². The fourth-order valence-corrected chi connectivity index (χ4v) is 3.05. The molecule has 0 saturated carbocycles. The highest BCUT2D eigenvalue weighted by molar-refractivity contribution is 7.09. The quantitative estimate of drug-likeness (QED) is 0.451. The lowest BCUT2D eigenvalue weighted by Crippen LogP contribution is -2.31. The Kier molecular flexibility index (Phi) is 9.52. The summed E-state index contributed by atoms with van der Waals surface area (Å²) >= 11 is 1.40. The number of unbranched alkanes of at least 4 members (excludes halogenated alkanes) is 4. The van der Waals surface area contributed by atoms with Gasteiger partial charge in [0.1, 0.15) is 5.01 Å². The summed E-state index contributed by atoms with van der Waals surface area (Å²) < 4.78 is 4.67. The molecule has 0 bridgehead atoms. The number of carbonyl (C=O) groups excluding carboxylic acids is 2. The van der Waals surface area contributed by atoms with E-state index in [4.69, 9.17) is 0 Å². The molecule has 130 valence electrons. The van der Waals surface area contributed by atoms with E-state index in [9.17, 15) is 9.59 Å². The van der Waals surface area contributed by atoms with E-state index in [0.29, 0.717) is 18.7 Å². The van der Waals surface area contributed by atoms with Crippen LogP contribution in [0.4, 0.5) is 0 Å². The third-order valence-corrected chi connectivity index (χ3v) is 4.48. The van der Waals surface area contributed by atoms with Crippen LogP contribution in [0, 0.1) is 0 Å². The van der Waals surface area contributed by atoms with Gasteiger partial charge in [0.05, 0.1) is 13.7 Å². The van der Waals surface area contributed by atoms with Crippen molar-refractivity contribution in [3.05, 3.63) is 16.1 Å². The number of methoxy groups -OCH3 is 1. The van der Waals surface area contributed by atoms with E-state index in [2.05, 4.69) is 23.6 Å². The molecule has 0 fully saturated rings. The number of ether oxygens (including phenoxy) is 1. The molecule has 1 heterocycles. The second-order valence-corrected chi connectivity index (χ2v) is 6.54. The molecule has 6 heteroatoms. The maximum atomic E-state index is 12.4. The van der Waals surface area contributed by atoms with Gasteiger partial charge in [0.25, 0.3) is 0 Å². The first-order valence-electron chi connectivity index (χ1n) is 8.42. The van der Waals surface area contributed by atoms with Gasteiger partial charge in [-0.2, -0.15) is 0 Å². The molecule has 0 radical (unpaired) electrons. The number of nitrogens with zero attached hydrogens (tertiary/aromatic N) is 2. The minimum atomic E-state index is -0.431. The van der Waals surface area contributed by atoms with E-state index in [-0.39, 0.29) is 5.91 Å². The zero-order valence-corrected chi connectivity index (χ0v) is 15.3. The molecular weight excluding hydrogens is 312 g/mol. The number of esters is 1. The fourth-order valence-electron chi connectivity index (χ4n) is 2.27. The van der Waals surface area contributed by atoms with E-state index < -0.39 is 5.97 Å². The van der Waals surface area contributed by atoms with Gasteiger partial charge in [-0.1, -0.05) is 39.5 Å². The molecular formula is C17H28N2O3S. The van der Waals surface area contributed by atoms with Crippen molar-refractivity contribution in [2.75, 3.05) is 13.7 Å². The zero-order chi connectivity index (χ0) is 17.1. The lowest BCUT2D eigenvalue weighted by atomic mass is 10.2. The molecule has 23 heavy (non-hydrogen) atoms. The Morgan fingerprint density at radius 3 is 2.52 bits per heavy atom. The van der Waals surface area contributed by atoms with Crippen molar-refractivity contribution in [1.29, 1.82) is 0 Å². The molecule has 0 unspecified atom stereocenters. The number of hydrogen-bond acceptors (Lipinski definition) is 5. The lowest BCUT2D eigenvalue weighted by Gasteiger charge is -2.21. The van der Waals surface area contributed by atoms with Crippen molar-refractivity contribution < 1.29 is 14.3 Å². The van der Waals surface area contributed by atoms with Crippen LogP contribution >= 0.6 is 11.3 Å². The van der Waals surface area contributed by atoms with Gasteiger partial charge >= 0.3 is 5.97 Å². The highest BCUT2D eigenvalue weighted by atomic mass is 32.1. The first-order chi connectivity index (χ1) is 11.1. The number of aromatic nitrogens is 1. The van der Waals surface area contributed by atoms with Gasteiger partial charge in [-0.05, 0) is 12.8 Å². The number of hydrogen-bond donors (Lipinski definition) is 0. The molecule has 1 aromatic rings. The monoisotopic (exact) mass is 340 g/mol. The largest absolute Gasteiger partial charge is 0.464 e. The number of carbonyl (C=O) groups is 2. The van der Waals surface area contributed by atoms with Crippen molar-refractivity contribution in [2.45, 2.75) is 65.3 Å². The molecule has 0 spiro atoms. The summed E-state index contributed by atoms with van der Waals surface area (Å²) in [7, 11) is 1.34. The summed E-state index contributed by atoms with van der Waals surface area (Å²) in [5.74, 6) is -0.247. The van der Waals surface area contributed by atoms with Crippen molar-refractivity contribution in [3.8, 4) is 0 Å². The van der Waals surface area contributed by atoms with Gasteiger partial charge < -0.3 is 9.64 Å². The Bertz CT molecular complexity index is 488. The predicted octanol–water partition coefficient (Wildman–Crippen LogP) is 4.03. The van der Waals surface area contributed by atoms with Crippen molar-refractivity contribution in [1.82, 2.24) is 9.88 Å². The third-order valence-electron chi connectivity index (χ3n) is 3.65. The third kappa shape index (κ3) is 7.12. The highest BCUT2D eigenvalue weighted by Crippen LogP contribution is 2.15. The summed E-state index contributed by atoms with van der Waals surface area (Å²) in [6.45, 7) is 5.52. The molecule has 0 aliphatic heterocycles. The van der Waals surface area contributed by atoms with E-state index >= 15 is 0 Å². The molecule has 1 rings (SSSR count). The van der Waals surface area contributed by atoms with Crippen LogP contribution in [0.3, 0.4) is 0 Å². The van der Waals surface area contributed by atoms with Gasteiger partial charge in [0, 0.05) is 18.3 Å². The highest BCUT2D eigenvalue weighted by Gasteiger charge is 2.17. The topological polar surface area (TPSA) is 59.5 Å². The van der Waals surface area contributed by atoms with Gasteiger partial charge in [-0.25, -0.2) is 9.78 Å². The molecule has 0 atom stereocenters. The minimum absolute atomic E-state index is 0.185. The Morgan fingerprint density at radius 2 is 1.87 bits per heavy atom. The molecule has 5 nitrogen and oxygen atoms in total. The molecule has 0 aromatic carbocycles. The smallest absolute Gasteiger partial charge is 0.357 e. The molecule has 0 aliphatic carbocycles. The van der Waals surface area contributed by atoms with Crippen LogP contribution in [0.5, 0.6) is 0 Å². The SMILES string of the molecule is CCCCCC(=O)N(CCCCC)Cc1nc(C(=O)OC)cs1.